The summed E-state index contributed by atoms with van der Waals surface area (Å²) in [4.78, 5) is 0. The van der Waals surface area contributed by atoms with Crippen LogP contribution in [0.15, 0.2) is 0 Å². The summed E-state index contributed by atoms with van der Waals surface area (Å²) >= 11 is 0. The van der Waals surface area contributed by atoms with E-state index in [9.17, 15) is 0 Å². The fourth-order valence-corrected chi connectivity index (χ4v) is 1.06. The summed E-state index contributed by atoms with van der Waals surface area (Å²) < 4.78 is 1.70. The molecule has 0 fully saturated rings. The molecule has 0 unspecified atom stereocenters. The minimum atomic E-state index is 0. The maximum Gasteiger partial charge on any atom is 0.175 e. The number of rotatable bonds is 0. The number of aryl methyl sites for hydroxylation is 2. The van der Waals surface area contributed by atoms with Crippen molar-refractivity contribution < 1.29 is 0 Å². The van der Waals surface area contributed by atoms with Gasteiger partial charge in [0.2, 0.25) is 0 Å². The van der Waals surface area contributed by atoms with Crippen molar-refractivity contribution in [2.45, 2.75) is 13.8 Å². The molecule has 0 aliphatic carbocycles. The molecular formula is C6H11Cl2N5. The molecule has 0 saturated carbocycles. The Bertz CT molecular complexity index is 404. The zero-order chi connectivity index (χ0) is 8.01. The summed E-state index contributed by atoms with van der Waals surface area (Å²) in [6.45, 7) is 3.74. The van der Waals surface area contributed by atoms with E-state index >= 15 is 0 Å². The fourth-order valence-electron chi connectivity index (χ4n) is 1.06. The molecule has 0 amide bonds. The predicted octanol–water partition coefficient (Wildman–Crippen LogP) is 1.10. The van der Waals surface area contributed by atoms with Crippen LogP contribution in [0.1, 0.15) is 11.5 Å². The first-order valence-corrected chi connectivity index (χ1v) is 3.36. The zero-order valence-electron chi connectivity index (χ0n) is 7.24. The molecular weight excluding hydrogens is 213 g/mol. The smallest absolute Gasteiger partial charge is 0.175 e. The Morgan fingerprint density at radius 3 is 2.46 bits per heavy atom. The van der Waals surface area contributed by atoms with E-state index in [4.69, 9.17) is 5.73 Å². The third kappa shape index (κ3) is 1.57. The van der Waals surface area contributed by atoms with Gasteiger partial charge < -0.3 is 5.73 Å². The van der Waals surface area contributed by atoms with Gasteiger partial charge in [-0.15, -0.1) is 24.8 Å². The van der Waals surface area contributed by atoms with E-state index in [-0.39, 0.29) is 24.8 Å². The molecule has 7 heteroatoms. The van der Waals surface area contributed by atoms with E-state index in [1.165, 1.54) is 0 Å². The molecule has 0 radical (unpaired) electrons. The van der Waals surface area contributed by atoms with Crippen LogP contribution in [0.25, 0.3) is 5.65 Å². The van der Waals surface area contributed by atoms with Crippen LogP contribution in [0.5, 0.6) is 0 Å². The number of H-pyrrole nitrogens is 1. The fraction of sp³-hybridized carbons (Fsp3) is 0.333. The van der Waals surface area contributed by atoms with Crippen molar-refractivity contribution in [3.63, 3.8) is 0 Å². The third-order valence-corrected chi connectivity index (χ3v) is 1.74. The molecule has 2 aromatic rings. The number of anilines is 1. The molecule has 2 aromatic heterocycles. The zero-order valence-corrected chi connectivity index (χ0v) is 8.87. The van der Waals surface area contributed by atoms with E-state index in [0.29, 0.717) is 5.69 Å². The third-order valence-electron chi connectivity index (χ3n) is 1.74. The van der Waals surface area contributed by atoms with Crippen molar-refractivity contribution in [2.24, 2.45) is 0 Å². The molecule has 13 heavy (non-hydrogen) atoms. The number of aromatic nitrogens is 4. The summed E-state index contributed by atoms with van der Waals surface area (Å²) in [6.07, 6.45) is 0. The lowest BCUT2D eigenvalue weighted by Crippen LogP contribution is -1.87. The van der Waals surface area contributed by atoms with Gasteiger partial charge in [-0.1, -0.05) is 0 Å². The molecule has 2 heterocycles. The molecule has 0 spiro atoms. The molecule has 0 aliphatic heterocycles. The molecule has 3 N–H and O–H groups in total. The topological polar surface area (TPSA) is 72.0 Å². The Hall–Kier alpha value is -0.940. The lowest BCUT2D eigenvalue weighted by atomic mass is 10.4. The van der Waals surface area contributed by atoms with Crippen molar-refractivity contribution in [1.82, 2.24) is 19.8 Å². The van der Waals surface area contributed by atoms with Crippen molar-refractivity contribution in [1.29, 1.82) is 0 Å². The largest absolute Gasteiger partial charge is 0.394 e. The van der Waals surface area contributed by atoms with Crippen molar-refractivity contribution in [3.05, 3.63) is 11.5 Å². The molecule has 74 valence electrons. The molecule has 0 bridgehead atoms. The summed E-state index contributed by atoms with van der Waals surface area (Å²) in [6, 6.07) is 0. The average Bonchev–Trinajstić information content (AvgIpc) is 2.43. The SMILES string of the molecule is Cc1nn2c(C)n[nH]c2c1N.Cl.Cl. The van der Waals surface area contributed by atoms with Crippen LogP contribution < -0.4 is 5.73 Å². The van der Waals surface area contributed by atoms with Crippen LogP contribution in [-0.4, -0.2) is 19.8 Å². The van der Waals surface area contributed by atoms with Crippen molar-refractivity contribution >= 4 is 36.1 Å². The highest BCUT2D eigenvalue weighted by molar-refractivity contribution is 5.85. The van der Waals surface area contributed by atoms with Gasteiger partial charge in [0.25, 0.3) is 0 Å². The maximum absolute atomic E-state index is 5.70. The van der Waals surface area contributed by atoms with Crippen LogP contribution >= 0.6 is 24.8 Å². The molecule has 0 aromatic carbocycles. The molecule has 2 rings (SSSR count). The average molecular weight is 224 g/mol. The van der Waals surface area contributed by atoms with Crippen molar-refractivity contribution in [2.75, 3.05) is 5.73 Å². The second-order valence-corrected chi connectivity index (χ2v) is 2.53. The minimum Gasteiger partial charge on any atom is -0.394 e. The lowest BCUT2D eigenvalue weighted by molar-refractivity contribution is 0.876. The number of fused-ring (bicyclic) bond motifs is 1. The van der Waals surface area contributed by atoms with E-state index in [1.54, 1.807) is 4.52 Å². The number of nitrogens with one attached hydrogen (secondary N) is 1. The Labute approximate surface area is 87.5 Å². The van der Waals surface area contributed by atoms with E-state index in [1.807, 2.05) is 13.8 Å². The van der Waals surface area contributed by atoms with Gasteiger partial charge in [0.15, 0.2) is 5.65 Å². The number of nitrogens with zero attached hydrogens (tertiary/aromatic N) is 3. The maximum atomic E-state index is 5.70. The van der Waals surface area contributed by atoms with Gasteiger partial charge in [-0.2, -0.15) is 14.7 Å². The van der Waals surface area contributed by atoms with Crippen molar-refractivity contribution in [3.8, 4) is 0 Å². The summed E-state index contributed by atoms with van der Waals surface area (Å²) in [5.74, 6) is 0.819. The Morgan fingerprint density at radius 2 is 1.92 bits per heavy atom. The molecule has 5 nitrogen and oxygen atoms in total. The van der Waals surface area contributed by atoms with E-state index in [2.05, 4.69) is 15.3 Å². The number of nitrogens with two attached hydrogens (primary N) is 1. The van der Waals surface area contributed by atoms with Gasteiger partial charge in [-0.3, -0.25) is 5.10 Å². The first kappa shape index (κ1) is 12.1. The molecule has 0 saturated heterocycles. The Morgan fingerprint density at radius 1 is 1.31 bits per heavy atom. The van der Waals surface area contributed by atoms with Gasteiger partial charge in [0, 0.05) is 0 Å². The second kappa shape index (κ2) is 3.85. The number of aromatic amines is 1. The minimum absolute atomic E-state index is 0. The highest BCUT2D eigenvalue weighted by Crippen LogP contribution is 2.15. The summed E-state index contributed by atoms with van der Waals surface area (Å²) in [5, 5.41) is 10.9. The van der Waals surface area contributed by atoms with Gasteiger partial charge in [-0.05, 0) is 13.8 Å². The molecule has 0 atom stereocenters. The first-order chi connectivity index (χ1) is 5.20. The van der Waals surface area contributed by atoms with Crippen LogP contribution in [0.4, 0.5) is 5.69 Å². The normalized spacial score (nSPS) is 9.38. The highest BCUT2D eigenvalue weighted by atomic mass is 35.5. The monoisotopic (exact) mass is 223 g/mol. The summed E-state index contributed by atoms with van der Waals surface area (Å²) in [5.41, 5.74) is 7.98. The number of hydrogen-bond acceptors (Lipinski definition) is 3. The lowest BCUT2D eigenvalue weighted by Gasteiger charge is -1.82. The van der Waals surface area contributed by atoms with E-state index in [0.717, 1.165) is 17.2 Å². The Kier molecular flexibility index (Phi) is 3.57. The van der Waals surface area contributed by atoms with Crippen LogP contribution in [0, 0.1) is 13.8 Å². The van der Waals surface area contributed by atoms with Gasteiger partial charge >= 0.3 is 0 Å². The molecule has 0 aliphatic rings. The van der Waals surface area contributed by atoms with Crippen LogP contribution in [-0.2, 0) is 0 Å². The highest BCUT2D eigenvalue weighted by Gasteiger charge is 2.08. The van der Waals surface area contributed by atoms with Crippen LogP contribution in [0.2, 0.25) is 0 Å². The van der Waals surface area contributed by atoms with Gasteiger partial charge in [0.05, 0.1) is 11.4 Å². The van der Waals surface area contributed by atoms with Gasteiger partial charge in [0.1, 0.15) is 5.82 Å². The Balaban J connectivity index is 0.000000720. The standard InChI is InChI=1S/C6H9N5.2ClH/c1-3-5(7)6-9-8-4(2)11(6)10-3;;/h9H,7H2,1-2H3;2*1H. The predicted molar refractivity (Wildman–Crippen MR) is 55.7 cm³/mol. The number of halogens is 2. The van der Waals surface area contributed by atoms with E-state index < -0.39 is 0 Å². The van der Waals surface area contributed by atoms with Gasteiger partial charge in [-0.25, -0.2) is 0 Å². The summed E-state index contributed by atoms with van der Waals surface area (Å²) in [7, 11) is 0. The first-order valence-electron chi connectivity index (χ1n) is 3.36. The second-order valence-electron chi connectivity index (χ2n) is 2.53. The number of nitrogen functional groups attached to an aromatic ring is 1. The number of hydrogen-bond donors (Lipinski definition) is 2. The quantitative estimate of drug-likeness (QED) is 0.703. The van der Waals surface area contributed by atoms with Crippen LogP contribution in [0.3, 0.4) is 0 Å².